The largest absolute Gasteiger partial charge is 0.367 e. The molecule has 0 saturated heterocycles. The van der Waals surface area contributed by atoms with E-state index >= 15 is 0 Å². The molecule has 0 atom stereocenters. The van der Waals surface area contributed by atoms with Crippen LogP contribution in [0.2, 0.25) is 0 Å². The first-order valence-corrected chi connectivity index (χ1v) is 7.01. The standard InChI is InChI=1S/C15H13F2N5O2/c1-20(9-14-19-6-7-21(14)15(16)17)12-2-3-13(22(23)24)11-8-18-5-4-10(11)12/h2-8,15H,9H2,1H3. The van der Waals surface area contributed by atoms with Crippen LogP contribution in [0.1, 0.15) is 12.4 Å². The second kappa shape index (κ2) is 6.19. The number of hydrogen-bond acceptors (Lipinski definition) is 5. The summed E-state index contributed by atoms with van der Waals surface area (Å²) < 4.78 is 26.6. The topological polar surface area (TPSA) is 77.1 Å². The maximum absolute atomic E-state index is 12.9. The molecule has 0 aliphatic heterocycles. The summed E-state index contributed by atoms with van der Waals surface area (Å²) in [6.45, 7) is -2.54. The number of nitrogens with zero attached hydrogens (tertiary/aromatic N) is 5. The van der Waals surface area contributed by atoms with E-state index in [4.69, 9.17) is 0 Å². The molecular weight excluding hydrogens is 320 g/mol. The van der Waals surface area contributed by atoms with Gasteiger partial charge in [0, 0.05) is 49.0 Å². The molecule has 1 aromatic carbocycles. The quantitative estimate of drug-likeness (QED) is 0.528. The van der Waals surface area contributed by atoms with Gasteiger partial charge in [0.15, 0.2) is 0 Å². The second-order valence-corrected chi connectivity index (χ2v) is 5.17. The zero-order valence-corrected chi connectivity index (χ0v) is 12.6. The number of pyridine rings is 1. The van der Waals surface area contributed by atoms with E-state index in [0.717, 1.165) is 4.57 Å². The van der Waals surface area contributed by atoms with Crippen LogP contribution < -0.4 is 4.90 Å². The lowest BCUT2D eigenvalue weighted by Gasteiger charge is -2.21. The van der Waals surface area contributed by atoms with Crippen molar-refractivity contribution in [1.29, 1.82) is 0 Å². The number of hydrogen-bond donors (Lipinski definition) is 0. The number of imidazole rings is 1. The van der Waals surface area contributed by atoms with Gasteiger partial charge in [0.2, 0.25) is 0 Å². The highest BCUT2D eigenvalue weighted by atomic mass is 19.3. The fraction of sp³-hybridized carbons (Fsp3) is 0.200. The van der Waals surface area contributed by atoms with Gasteiger partial charge >= 0.3 is 6.55 Å². The van der Waals surface area contributed by atoms with E-state index in [-0.39, 0.29) is 18.1 Å². The predicted molar refractivity (Wildman–Crippen MR) is 84.0 cm³/mol. The Balaban J connectivity index is 2.01. The van der Waals surface area contributed by atoms with Gasteiger partial charge in [0.05, 0.1) is 16.9 Å². The lowest BCUT2D eigenvalue weighted by Crippen LogP contribution is -2.20. The van der Waals surface area contributed by atoms with Crippen LogP contribution in [0.3, 0.4) is 0 Å². The zero-order chi connectivity index (χ0) is 17.3. The van der Waals surface area contributed by atoms with Crippen molar-refractivity contribution in [2.45, 2.75) is 13.1 Å². The number of fused-ring (bicyclic) bond motifs is 1. The summed E-state index contributed by atoms with van der Waals surface area (Å²) in [5.74, 6) is 0.202. The molecule has 9 heteroatoms. The highest BCUT2D eigenvalue weighted by Gasteiger charge is 2.18. The van der Waals surface area contributed by atoms with E-state index in [1.54, 1.807) is 24.1 Å². The molecule has 0 unspecified atom stereocenters. The molecule has 0 fully saturated rings. The zero-order valence-electron chi connectivity index (χ0n) is 12.6. The van der Waals surface area contributed by atoms with Gasteiger partial charge in [-0.3, -0.25) is 19.7 Å². The van der Waals surface area contributed by atoms with Crippen LogP contribution in [-0.2, 0) is 6.54 Å². The average Bonchev–Trinajstić information content (AvgIpc) is 3.01. The van der Waals surface area contributed by atoms with Crippen molar-refractivity contribution >= 4 is 22.1 Å². The third kappa shape index (κ3) is 2.75. The Kier molecular flexibility index (Phi) is 4.07. The summed E-state index contributed by atoms with van der Waals surface area (Å²) >= 11 is 0. The maximum Gasteiger partial charge on any atom is 0.319 e. The summed E-state index contributed by atoms with van der Waals surface area (Å²) in [6.07, 6.45) is 5.48. The van der Waals surface area contributed by atoms with Gasteiger partial charge in [-0.25, -0.2) is 4.98 Å². The molecule has 124 valence electrons. The van der Waals surface area contributed by atoms with Gasteiger partial charge in [-0.15, -0.1) is 0 Å². The maximum atomic E-state index is 12.9. The number of nitro benzene ring substituents is 1. The number of rotatable bonds is 5. The highest BCUT2D eigenvalue weighted by Crippen LogP contribution is 2.33. The summed E-state index contributed by atoms with van der Waals surface area (Å²) in [5, 5.41) is 12.2. The van der Waals surface area contributed by atoms with Crippen LogP contribution in [0.5, 0.6) is 0 Å². The Morgan fingerprint density at radius 2 is 2.08 bits per heavy atom. The predicted octanol–water partition coefficient (Wildman–Crippen LogP) is 3.37. The fourth-order valence-corrected chi connectivity index (χ4v) is 2.59. The van der Waals surface area contributed by atoms with E-state index in [9.17, 15) is 18.9 Å². The van der Waals surface area contributed by atoms with Crippen molar-refractivity contribution < 1.29 is 13.7 Å². The van der Waals surface area contributed by atoms with E-state index in [1.807, 2.05) is 0 Å². The van der Waals surface area contributed by atoms with Crippen molar-refractivity contribution in [3.05, 3.63) is 58.9 Å². The second-order valence-electron chi connectivity index (χ2n) is 5.17. The van der Waals surface area contributed by atoms with Gasteiger partial charge < -0.3 is 4.90 Å². The molecule has 0 saturated carbocycles. The van der Waals surface area contributed by atoms with Gasteiger partial charge in [-0.1, -0.05) is 0 Å². The third-order valence-electron chi connectivity index (χ3n) is 3.72. The molecule has 0 amide bonds. The van der Waals surface area contributed by atoms with Crippen LogP contribution in [0.15, 0.2) is 43.0 Å². The van der Waals surface area contributed by atoms with Crippen LogP contribution in [0.4, 0.5) is 20.2 Å². The van der Waals surface area contributed by atoms with Gasteiger partial charge in [0.1, 0.15) is 5.82 Å². The Morgan fingerprint density at radius 3 is 2.79 bits per heavy atom. The molecule has 0 spiro atoms. The van der Waals surface area contributed by atoms with Crippen molar-refractivity contribution in [3.63, 3.8) is 0 Å². The van der Waals surface area contributed by atoms with E-state index in [0.29, 0.717) is 16.5 Å². The number of alkyl halides is 2. The molecule has 7 nitrogen and oxygen atoms in total. The van der Waals surface area contributed by atoms with Gasteiger partial charge in [-0.05, 0) is 12.1 Å². The Bertz CT molecular complexity index is 896. The first-order chi connectivity index (χ1) is 11.5. The van der Waals surface area contributed by atoms with Gasteiger partial charge in [0.25, 0.3) is 5.69 Å². The monoisotopic (exact) mass is 333 g/mol. The molecule has 0 radical (unpaired) electrons. The van der Waals surface area contributed by atoms with Crippen molar-refractivity contribution in [2.24, 2.45) is 0 Å². The Labute approximate surface area is 135 Å². The minimum absolute atomic E-state index is 0.0515. The average molecular weight is 333 g/mol. The molecule has 0 bridgehead atoms. The molecule has 0 aliphatic rings. The molecule has 0 N–H and O–H groups in total. The fourth-order valence-electron chi connectivity index (χ4n) is 2.59. The minimum atomic E-state index is -2.67. The van der Waals surface area contributed by atoms with Crippen molar-refractivity contribution in [2.75, 3.05) is 11.9 Å². The molecule has 3 aromatic rings. The SMILES string of the molecule is CN(Cc1nccn1C(F)F)c1ccc([N+](=O)[O-])c2cnccc12. The summed E-state index contributed by atoms with van der Waals surface area (Å²) in [7, 11) is 1.71. The summed E-state index contributed by atoms with van der Waals surface area (Å²) in [5.41, 5.74) is 0.617. The Morgan fingerprint density at radius 1 is 1.29 bits per heavy atom. The van der Waals surface area contributed by atoms with Crippen LogP contribution >= 0.6 is 0 Å². The smallest absolute Gasteiger partial charge is 0.319 e. The minimum Gasteiger partial charge on any atom is -0.367 e. The molecular formula is C15H13F2N5O2. The lowest BCUT2D eigenvalue weighted by atomic mass is 10.1. The number of anilines is 1. The first kappa shape index (κ1) is 15.8. The molecule has 2 aromatic heterocycles. The van der Waals surface area contributed by atoms with E-state index in [2.05, 4.69) is 9.97 Å². The Hall–Kier alpha value is -3.10. The van der Waals surface area contributed by atoms with E-state index in [1.165, 1.54) is 30.9 Å². The molecule has 0 aliphatic carbocycles. The highest BCUT2D eigenvalue weighted by molar-refractivity contribution is 5.99. The van der Waals surface area contributed by atoms with Gasteiger partial charge in [-0.2, -0.15) is 8.78 Å². The molecule has 24 heavy (non-hydrogen) atoms. The van der Waals surface area contributed by atoms with Crippen molar-refractivity contribution in [3.8, 4) is 0 Å². The molecule has 3 rings (SSSR count). The van der Waals surface area contributed by atoms with Crippen LogP contribution in [-0.4, -0.2) is 26.5 Å². The summed E-state index contributed by atoms with van der Waals surface area (Å²) in [6, 6.07) is 4.64. The first-order valence-electron chi connectivity index (χ1n) is 7.01. The van der Waals surface area contributed by atoms with Crippen molar-refractivity contribution in [1.82, 2.24) is 14.5 Å². The number of benzene rings is 1. The van der Waals surface area contributed by atoms with Crippen LogP contribution in [0.25, 0.3) is 10.8 Å². The summed E-state index contributed by atoms with van der Waals surface area (Å²) in [4.78, 5) is 20.3. The number of nitro groups is 1. The normalized spacial score (nSPS) is 11.2. The molecule has 2 heterocycles. The number of non-ortho nitro benzene ring substituents is 1. The third-order valence-corrected chi connectivity index (χ3v) is 3.72. The number of aromatic nitrogens is 3. The van der Waals surface area contributed by atoms with E-state index < -0.39 is 11.5 Å². The number of halogens is 2. The van der Waals surface area contributed by atoms with Crippen LogP contribution in [0, 0.1) is 10.1 Å². The lowest BCUT2D eigenvalue weighted by molar-refractivity contribution is -0.383.